The average molecular weight is 288 g/mol. The summed E-state index contributed by atoms with van der Waals surface area (Å²) in [6.45, 7) is 1.00. The van der Waals surface area contributed by atoms with Gasteiger partial charge in [0.15, 0.2) is 0 Å². The van der Waals surface area contributed by atoms with Crippen molar-refractivity contribution in [1.82, 2.24) is 10.2 Å². The summed E-state index contributed by atoms with van der Waals surface area (Å²) in [6, 6.07) is 0.380. The lowest BCUT2D eigenvalue weighted by Crippen LogP contribution is -2.58. The molecule has 2 atom stereocenters. The van der Waals surface area contributed by atoms with E-state index in [1.807, 2.05) is 0 Å². The minimum Gasteiger partial charge on any atom is -0.312 e. The topological polar surface area (TPSA) is 49.4 Å². The third kappa shape index (κ3) is 3.50. The van der Waals surface area contributed by atoms with E-state index in [9.17, 15) is 8.42 Å². The fourth-order valence-corrected chi connectivity index (χ4v) is 4.60. The lowest BCUT2D eigenvalue weighted by atomic mass is 9.75. The Morgan fingerprint density at radius 2 is 1.89 bits per heavy atom. The van der Waals surface area contributed by atoms with Crippen LogP contribution in [0.25, 0.3) is 0 Å². The largest absolute Gasteiger partial charge is 0.312 e. The SMILES string of the molecule is CN(C)C1(CNC2CCCC(S(C)(=O)=O)C2)CCC1. The molecular weight excluding hydrogens is 260 g/mol. The molecule has 2 fully saturated rings. The van der Waals surface area contributed by atoms with E-state index in [-0.39, 0.29) is 5.25 Å². The third-order valence-electron chi connectivity index (χ3n) is 5.18. The van der Waals surface area contributed by atoms with Gasteiger partial charge in [-0.05, 0) is 52.6 Å². The van der Waals surface area contributed by atoms with Crippen LogP contribution in [0.4, 0.5) is 0 Å². The second-order valence-electron chi connectivity index (χ2n) is 6.67. The van der Waals surface area contributed by atoms with Gasteiger partial charge in [0.25, 0.3) is 0 Å². The van der Waals surface area contributed by atoms with E-state index in [2.05, 4.69) is 24.3 Å². The Kier molecular flexibility index (Phi) is 4.58. The van der Waals surface area contributed by atoms with Crippen molar-refractivity contribution in [3.8, 4) is 0 Å². The standard InChI is InChI=1S/C14H28N2O2S/c1-16(2)14(8-5-9-14)11-15-12-6-4-7-13(10-12)19(3,17)18/h12-13,15H,4-11H2,1-3H3. The van der Waals surface area contributed by atoms with Crippen LogP contribution in [0.15, 0.2) is 0 Å². The molecule has 0 aromatic heterocycles. The van der Waals surface area contributed by atoms with Crippen molar-refractivity contribution < 1.29 is 8.42 Å². The Morgan fingerprint density at radius 1 is 1.21 bits per heavy atom. The molecule has 0 aromatic rings. The lowest BCUT2D eigenvalue weighted by molar-refractivity contribution is 0.0556. The first-order valence-corrected chi connectivity index (χ1v) is 9.39. The maximum Gasteiger partial charge on any atom is 0.150 e. The molecule has 0 saturated heterocycles. The molecule has 4 nitrogen and oxygen atoms in total. The Bertz CT molecular complexity index is 402. The molecule has 0 amide bonds. The van der Waals surface area contributed by atoms with Crippen molar-refractivity contribution in [2.45, 2.75) is 61.8 Å². The Hall–Kier alpha value is -0.130. The third-order valence-corrected chi connectivity index (χ3v) is 6.82. The van der Waals surface area contributed by atoms with Crippen molar-refractivity contribution >= 4 is 9.84 Å². The number of nitrogens with one attached hydrogen (secondary N) is 1. The molecule has 2 rings (SSSR count). The van der Waals surface area contributed by atoms with Gasteiger partial charge in [-0.3, -0.25) is 0 Å². The molecule has 2 aliphatic carbocycles. The van der Waals surface area contributed by atoms with Crippen LogP contribution in [0.1, 0.15) is 44.9 Å². The Morgan fingerprint density at radius 3 is 2.37 bits per heavy atom. The lowest BCUT2D eigenvalue weighted by Gasteiger charge is -2.48. The Labute approximate surface area is 117 Å². The molecule has 5 heteroatoms. The smallest absolute Gasteiger partial charge is 0.150 e. The van der Waals surface area contributed by atoms with Gasteiger partial charge >= 0.3 is 0 Å². The zero-order valence-electron chi connectivity index (χ0n) is 12.5. The van der Waals surface area contributed by atoms with Crippen LogP contribution >= 0.6 is 0 Å². The summed E-state index contributed by atoms with van der Waals surface area (Å²) in [7, 11) is 1.44. The highest BCUT2D eigenvalue weighted by atomic mass is 32.2. The minimum absolute atomic E-state index is 0.129. The van der Waals surface area contributed by atoms with Crippen LogP contribution in [0.5, 0.6) is 0 Å². The van der Waals surface area contributed by atoms with Crippen molar-refractivity contribution in [2.24, 2.45) is 0 Å². The molecule has 19 heavy (non-hydrogen) atoms. The summed E-state index contributed by atoms with van der Waals surface area (Å²) in [5.74, 6) is 0. The zero-order chi connectivity index (χ0) is 14.1. The first-order valence-electron chi connectivity index (χ1n) is 7.43. The van der Waals surface area contributed by atoms with Gasteiger partial charge < -0.3 is 10.2 Å². The maximum absolute atomic E-state index is 11.7. The monoisotopic (exact) mass is 288 g/mol. The molecule has 0 bridgehead atoms. The van der Waals surface area contributed by atoms with Crippen LogP contribution in [-0.2, 0) is 9.84 Å². The molecule has 2 aliphatic rings. The summed E-state index contributed by atoms with van der Waals surface area (Å²) >= 11 is 0. The molecule has 0 aromatic carbocycles. The number of likely N-dealkylation sites (N-methyl/N-ethyl adjacent to an activating group) is 1. The first kappa shape index (κ1) is 15.3. The number of rotatable bonds is 5. The molecule has 2 saturated carbocycles. The number of hydrogen-bond donors (Lipinski definition) is 1. The predicted molar refractivity (Wildman–Crippen MR) is 79.2 cm³/mol. The van der Waals surface area contributed by atoms with Crippen LogP contribution in [0, 0.1) is 0 Å². The molecule has 0 aliphatic heterocycles. The van der Waals surface area contributed by atoms with Gasteiger partial charge in [-0.15, -0.1) is 0 Å². The Balaban J connectivity index is 1.86. The van der Waals surface area contributed by atoms with E-state index in [0.717, 1.165) is 32.2 Å². The highest BCUT2D eigenvalue weighted by molar-refractivity contribution is 7.91. The van der Waals surface area contributed by atoms with Gasteiger partial charge in [0.1, 0.15) is 9.84 Å². The normalized spacial score (nSPS) is 31.2. The van der Waals surface area contributed by atoms with Crippen LogP contribution in [0.2, 0.25) is 0 Å². The second-order valence-corrected chi connectivity index (χ2v) is 8.99. The van der Waals surface area contributed by atoms with Crippen LogP contribution < -0.4 is 5.32 Å². The van der Waals surface area contributed by atoms with Gasteiger partial charge in [-0.1, -0.05) is 6.42 Å². The fourth-order valence-electron chi connectivity index (χ4n) is 3.42. The van der Waals surface area contributed by atoms with E-state index in [1.165, 1.54) is 25.5 Å². The predicted octanol–water partition coefficient (Wildman–Crippen LogP) is 1.42. The molecule has 1 N–H and O–H groups in total. The molecular formula is C14H28N2O2S. The van der Waals surface area contributed by atoms with E-state index in [1.54, 1.807) is 0 Å². The molecule has 0 spiro atoms. The summed E-state index contributed by atoms with van der Waals surface area (Å²) in [4.78, 5) is 2.33. The highest BCUT2D eigenvalue weighted by Crippen LogP contribution is 2.36. The summed E-state index contributed by atoms with van der Waals surface area (Å²) < 4.78 is 23.3. The minimum atomic E-state index is -2.87. The van der Waals surface area contributed by atoms with Gasteiger partial charge in [0.05, 0.1) is 5.25 Å². The van der Waals surface area contributed by atoms with Crippen molar-refractivity contribution in [3.05, 3.63) is 0 Å². The van der Waals surface area contributed by atoms with Crippen LogP contribution in [0.3, 0.4) is 0 Å². The van der Waals surface area contributed by atoms with Crippen molar-refractivity contribution in [1.29, 1.82) is 0 Å². The summed E-state index contributed by atoms with van der Waals surface area (Å²) in [6.07, 6.45) is 9.01. The quantitative estimate of drug-likeness (QED) is 0.831. The van der Waals surface area contributed by atoms with Crippen LogP contribution in [-0.4, -0.2) is 57.0 Å². The maximum atomic E-state index is 11.7. The van der Waals surface area contributed by atoms with Gasteiger partial charge in [-0.25, -0.2) is 8.42 Å². The fraction of sp³-hybridized carbons (Fsp3) is 1.00. The first-order chi connectivity index (χ1) is 8.83. The number of nitrogens with zero attached hydrogens (tertiary/aromatic N) is 1. The zero-order valence-corrected chi connectivity index (χ0v) is 13.3. The van der Waals surface area contributed by atoms with Crippen molar-refractivity contribution in [3.63, 3.8) is 0 Å². The van der Waals surface area contributed by atoms with Gasteiger partial charge in [0.2, 0.25) is 0 Å². The van der Waals surface area contributed by atoms with E-state index >= 15 is 0 Å². The molecule has 0 heterocycles. The molecule has 2 unspecified atom stereocenters. The summed E-state index contributed by atoms with van der Waals surface area (Å²) in [5, 5.41) is 3.51. The van der Waals surface area contributed by atoms with Gasteiger partial charge in [0, 0.05) is 24.4 Å². The van der Waals surface area contributed by atoms with Gasteiger partial charge in [-0.2, -0.15) is 0 Å². The van der Waals surface area contributed by atoms with E-state index in [0.29, 0.717) is 11.6 Å². The van der Waals surface area contributed by atoms with Crippen molar-refractivity contribution in [2.75, 3.05) is 26.9 Å². The summed E-state index contributed by atoms with van der Waals surface area (Å²) in [5.41, 5.74) is 0.317. The highest BCUT2D eigenvalue weighted by Gasteiger charge is 2.39. The second kappa shape index (κ2) is 5.70. The molecule has 112 valence electrons. The number of sulfone groups is 1. The molecule has 0 radical (unpaired) electrons. The van der Waals surface area contributed by atoms with E-state index in [4.69, 9.17) is 0 Å². The average Bonchev–Trinajstić information content (AvgIpc) is 2.26. The van der Waals surface area contributed by atoms with E-state index < -0.39 is 9.84 Å². The number of hydrogen-bond acceptors (Lipinski definition) is 4.